The molecule has 14 heavy (non-hydrogen) atoms. The first-order valence-electron chi connectivity index (χ1n) is 4.47. The van der Waals surface area contributed by atoms with Crippen LogP contribution in [0.5, 0.6) is 11.5 Å². The van der Waals surface area contributed by atoms with Gasteiger partial charge in [-0.2, -0.15) is 0 Å². The Morgan fingerprint density at radius 2 is 2.00 bits per heavy atom. The van der Waals surface area contributed by atoms with Crippen LogP contribution < -0.4 is 9.47 Å². The van der Waals surface area contributed by atoms with E-state index in [2.05, 4.69) is 22.5 Å². The number of hydrogen-bond acceptors (Lipinski definition) is 2. The second-order valence-corrected chi connectivity index (χ2v) is 4.29. The summed E-state index contributed by atoms with van der Waals surface area (Å²) in [6.45, 7) is 5.07. The van der Waals surface area contributed by atoms with Gasteiger partial charge in [0.05, 0.1) is 0 Å². The van der Waals surface area contributed by atoms with Gasteiger partial charge < -0.3 is 9.47 Å². The average molecular weight is 255 g/mol. The summed E-state index contributed by atoms with van der Waals surface area (Å²) in [6, 6.07) is 5.97. The molecule has 1 aromatic rings. The third-order valence-electron chi connectivity index (χ3n) is 2.00. The molecule has 3 heteroatoms. The monoisotopic (exact) mass is 254 g/mol. The van der Waals surface area contributed by atoms with E-state index in [0.717, 1.165) is 22.4 Å². The molecule has 0 saturated carbocycles. The quantitative estimate of drug-likeness (QED) is 0.808. The van der Waals surface area contributed by atoms with Gasteiger partial charge in [-0.25, -0.2) is 0 Å². The Labute approximate surface area is 91.7 Å². The van der Waals surface area contributed by atoms with E-state index in [9.17, 15) is 0 Å². The van der Waals surface area contributed by atoms with Crippen LogP contribution in [0.2, 0.25) is 0 Å². The van der Waals surface area contributed by atoms with Crippen molar-refractivity contribution in [2.24, 2.45) is 0 Å². The third-order valence-corrected chi connectivity index (χ3v) is 2.28. The fraction of sp³-hybridized carbons (Fsp3) is 0.273. The molecule has 0 unspecified atom stereocenters. The first kappa shape index (κ1) is 9.59. The molecule has 0 amide bonds. The SMILES string of the molecule is C=C(Br)Cc1ccc2c(c1)OCCO2. The van der Waals surface area contributed by atoms with Gasteiger partial charge in [-0.05, 0) is 22.2 Å². The summed E-state index contributed by atoms with van der Waals surface area (Å²) >= 11 is 3.34. The molecule has 0 spiro atoms. The van der Waals surface area contributed by atoms with Crippen molar-refractivity contribution in [1.82, 2.24) is 0 Å². The number of benzene rings is 1. The summed E-state index contributed by atoms with van der Waals surface area (Å²) in [6.07, 6.45) is 0.816. The molecule has 0 N–H and O–H groups in total. The Morgan fingerprint density at radius 3 is 2.71 bits per heavy atom. The maximum Gasteiger partial charge on any atom is 0.161 e. The minimum Gasteiger partial charge on any atom is -0.486 e. The molecule has 2 nitrogen and oxygen atoms in total. The molecule has 0 radical (unpaired) electrons. The van der Waals surface area contributed by atoms with Gasteiger partial charge in [0.1, 0.15) is 13.2 Å². The van der Waals surface area contributed by atoms with E-state index in [4.69, 9.17) is 9.47 Å². The van der Waals surface area contributed by atoms with Gasteiger partial charge in [0.25, 0.3) is 0 Å². The summed E-state index contributed by atoms with van der Waals surface area (Å²) in [5, 5.41) is 0. The van der Waals surface area contributed by atoms with Crippen molar-refractivity contribution in [2.75, 3.05) is 13.2 Å². The molecule has 0 saturated heterocycles. The first-order valence-corrected chi connectivity index (χ1v) is 5.27. The second kappa shape index (κ2) is 4.05. The van der Waals surface area contributed by atoms with Crippen LogP contribution in [-0.2, 0) is 6.42 Å². The number of fused-ring (bicyclic) bond motifs is 1. The molecule has 0 atom stereocenters. The summed E-state index contributed by atoms with van der Waals surface area (Å²) in [4.78, 5) is 0. The lowest BCUT2D eigenvalue weighted by Crippen LogP contribution is -2.15. The highest BCUT2D eigenvalue weighted by atomic mass is 79.9. The van der Waals surface area contributed by atoms with Gasteiger partial charge in [-0.1, -0.05) is 28.6 Å². The maximum atomic E-state index is 5.48. The standard InChI is InChI=1S/C11H11BrO2/c1-8(12)6-9-2-3-10-11(7-9)14-5-4-13-10/h2-3,7H,1,4-6H2. The average Bonchev–Trinajstić information content (AvgIpc) is 2.17. The fourth-order valence-corrected chi connectivity index (χ4v) is 1.74. The largest absolute Gasteiger partial charge is 0.486 e. The molecule has 1 aromatic carbocycles. The topological polar surface area (TPSA) is 18.5 Å². The number of hydrogen-bond donors (Lipinski definition) is 0. The van der Waals surface area contributed by atoms with Crippen LogP contribution >= 0.6 is 15.9 Å². The van der Waals surface area contributed by atoms with Crippen molar-refractivity contribution in [3.8, 4) is 11.5 Å². The van der Waals surface area contributed by atoms with Crippen LogP contribution in [0.4, 0.5) is 0 Å². The van der Waals surface area contributed by atoms with Crippen molar-refractivity contribution in [3.05, 3.63) is 34.8 Å². The third kappa shape index (κ3) is 2.10. The molecular formula is C11H11BrO2. The van der Waals surface area contributed by atoms with Crippen LogP contribution in [0.1, 0.15) is 5.56 Å². The van der Waals surface area contributed by atoms with Crippen LogP contribution in [0.3, 0.4) is 0 Å². The number of halogens is 1. The minimum absolute atomic E-state index is 0.631. The van der Waals surface area contributed by atoms with Crippen molar-refractivity contribution < 1.29 is 9.47 Å². The number of ether oxygens (including phenoxy) is 2. The van der Waals surface area contributed by atoms with Gasteiger partial charge in [-0.3, -0.25) is 0 Å². The van der Waals surface area contributed by atoms with Crippen molar-refractivity contribution in [1.29, 1.82) is 0 Å². The van der Waals surface area contributed by atoms with E-state index in [1.807, 2.05) is 18.2 Å². The van der Waals surface area contributed by atoms with Crippen molar-refractivity contribution in [2.45, 2.75) is 6.42 Å². The van der Waals surface area contributed by atoms with Gasteiger partial charge in [0, 0.05) is 6.42 Å². The van der Waals surface area contributed by atoms with Crippen LogP contribution in [0, 0.1) is 0 Å². The second-order valence-electron chi connectivity index (χ2n) is 3.17. The molecule has 0 aliphatic carbocycles. The smallest absolute Gasteiger partial charge is 0.161 e. The molecule has 74 valence electrons. The summed E-state index contributed by atoms with van der Waals surface area (Å²) in [5.74, 6) is 1.67. The van der Waals surface area contributed by atoms with E-state index < -0.39 is 0 Å². The van der Waals surface area contributed by atoms with E-state index in [1.165, 1.54) is 5.56 Å². The van der Waals surface area contributed by atoms with Crippen molar-refractivity contribution >= 4 is 15.9 Å². The highest BCUT2D eigenvalue weighted by molar-refractivity contribution is 9.11. The predicted molar refractivity (Wildman–Crippen MR) is 59.2 cm³/mol. The zero-order chi connectivity index (χ0) is 9.97. The van der Waals surface area contributed by atoms with Crippen LogP contribution in [-0.4, -0.2) is 13.2 Å². The Hall–Kier alpha value is -0.960. The van der Waals surface area contributed by atoms with Gasteiger partial charge in [0.2, 0.25) is 0 Å². The van der Waals surface area contributed by atoms with E-state index >= 15 is 0 Å². The lowest BCUT2D eigenvalue weighted by Gasteiger charge is -2.18. The molecule has 0 aromatic heterocycles. The van der Waals surface area contributed by atoms with E-state index in [1.54, 1.807) is 0 Å². The zero-order valence-electron chi connectivity index (χ0n) is 7.75. The van der Waals surface area contributed by atoms with Crippen LogP contribution in [0.15, 0.2) is 29.3 Å². The van der Waals surface area contributed by atoms with Gasteiger partial charge in [-0.15, -0.1) is 0 Å². The normalized spacial score (nSPS) is 13.8. The lowest BCUT2D eigenvalue weighted by atomic mass is 10.1. The first-order chi connectivity index (χ1) is 6.75. The molecule has 2 rings (SSSR count). The Bertz CT molecular complexity index is 360. The Balaban J connectivity index is 2.24. The number of rotatable bonds is 2. The molecule has 1 aliphatic heterocycles. The minimum atomic E-state index is 0.631. The zero-order valence-corrected chi connectivity index (χ0v) is 9.34. The number of allylic oxidation sites excluding steroid dienone is 1. The molecular weight excluding hydrogens is 244 g/mol. The molecule has 1 aliphatic rings. The van der Waals surface area contributed by atoms with E-state index in [0.29, 0.717) is 13.2 Å². The lowest BCUT2D eigenvalue weighted by molar-refractivity contribution is 0.171. The fourth-order valence-electron chi connectivity index (χ4n) is 1.42. The predicted octanol–water partition coefficient (Wildman–Crippen LogP) is 2.91. The highest BCUT2D eigenvalue weighted by Crippen LogP contribution is 2.31. The molecule has 0 fully saturated rings. The van der Waals surface area contributed by atoms with E-state index in [-0.39, 0.29) is 0 Å². The van der Waals surface area contributed by atoms with Gasteiger partial charge in [0.15, 0.2) is 11.5 Å². The maximum absolute atomic E-state index is 5.48. The Kier molecular flexibility index (Phi) is 2.77. The summed E-state index contributed by atoms with van der Waals surface area (Å²) in [5.41, 5.74) is 1.18. The Morgan fingerprint density at radius 1 is 1.29 bits per heavy atom. The van der Waals surface area contributed by atoms with Gasteiger partial charge >= 0.3 is 0 Å². The summed E-state index contributed by atoms with van der Waals surface area (Å²) < 4.78 is 11.9. The van der Waals surface area contributed by atoms with Crippen molar-refractivity contribution in [3.63, 3.8) is 0 Å². The summed E-state index contributed by atoms with van der Waals surface area (Å²) in [7, 11) is 0. The highest BCUT2D eigenvalue weighted by Gasteiger charge is 2.11. The van der Waals surface area contributed by atoms with Crippen LogP contribution in [0.25, 0.3) is 0 Å². The molecule has 1 heterocycles. The molecule has 0 bridgehead atoms.